The summed E-state index contributed by atoms with van der Waals surface area (Å²) in [7, 11) is 0. The van der Waals surface area contributed by atoms with Crippen molar-refractivity contribution >= 4 is 5.78 Å². The average Bonchev–Trinajstić information content (AvgIpc) is 2.82. The summed E-state index contributed by atoms with van der Waals surface area (Å²) in [5.74, 6) is 1.86. The van der Waals surface area contributed by atoms with Crippen LogP contribution in [0.2, 0.25) is 0 Å². The first-order valence-corrected chi connectivity index (χ1v) is 6.71. The number of aromatic nitrogens is 3. The minimum absolute atomic E-state index is 0.161. The molecule has 0 amide bonds. The molecule has 0 atom stereocenters. The van der Waals surface area contributed by atoms with Crippen LogP contribution in [0.3, 0.4) is 0 Å². The molecule has 0 aliphatic heterocycles. The van der Waals surface area contributed by atoms with Gasteiger partial charge < -0.3 is 0 Å². The van der Waals surface area contributed by atoms with Crippen LogP contribution >= 0.6 is 0 Å². The summed E-state index contributed by atoms with van der Waals surface area (Å²) in [6, 6.07) is 9.79. The SMILES string of the molecule is CCc1nc(CC)n(CC(=O)Cc2ccccc2)n1. The molecule has 0 unspecified atom stereocenters. The summed E-state index contributed by atoms with van der Waals surface area (Å²) < 4.78 is 1.74. The third-order valence-electron chi connectivity index (χ3n) is 2.99. The summed E-state index contributed by atoms with van der Waals surface area (Å²) in [5, 5.41) is 4.37. The van der Waals surface area contributed by atoms with Crippen LogP contribution in [0.5, 0.6) is 0 Å². The van der Waals surface area contributed by atoms with Crippen LogP contribution < -0.4 is 0 Å². The second-order valence-electron chi connectivity index (χ2n) is 4.51. The summed E-state index contributed by atoms with van der Waals surface area (Å²) in [4.78, 5) is 16.5. The van der Waals surface area contributed by atoms with Crippen LogP contribution in [-0.4, -0.2) is 20.5 Å². The highest BCUT2D eigenvalue weighted by Crippen LogP contribution is 2.04. The van der Waals surface area contributed by atoms with Gasteiger partial charge in [0.25, 0.3) is 0 Å². The molecule has 100 valence electrons. The van der Waals surface area contributed by atoms with Crippen molar-refractivity contribution in [1.82, 2.24) is 14.8 Å². The number of ketones is 1. The van der Waals surface area contributed by atoms with Crippen LogP contribution in [0.4, 0.5) is 0 Å². The maximum absolute atomic E-state index is 12.1. The first-order valence-electron chi connectivity index (χ1n) is 6.71. The summed E-state index contributed by atoms with van der Waals surface area (Å²) in [6.07, 6.45) is 2.05. The van der Waals surface area contributed by atoms with Crippen LogP contribution in [0.1, 0.15) is 31.1 Å². The lowest BCUT2D eigenvalue weighted by Gasteiger charge is -2.04. The Kier molecular flexibility index (Phi) is 4.44. The van der Waals surface area contributed by atoms with E-state index in [2.05, 4.69) is 10.1 Å². The lowest BCUT2D eigenvalue weighted by Crippen LogP contribution is -2.16. The third kappa shape index (κ3) is 3.50. The molecule has 0 spiro atoms. The monoisotopic (exact) mass is 257 g/mol. The largest absolute Gasteiger partial charge is 0.297 e. The molecule has 1 aromatic carbocycles. The van der Waals surface area contributed by atoms with Crippen LogP contribution in [-0.2, 0) is 30.6 Å². The van der Waals surface area contributed by atoms with Gasteiger partial charge in [0.1, 0.15) is 12.4 Å². The Hall–Kier alpha value is -1.97. The molecule has 0 bridgehead atoms. The highest BCUT2D eigenvalue weighted by molar-refractivity contribution is 5.80. The minimum Gasteiger partial charge on any atom is -0.297 e. The third-order valence-corrected chi connectivity index (χ3v) is 2.99. The number of rotatable bonds is 6. The van der Waals surface area contributed by atoms with Gasteiger partial charge in [0.2, 0.25) is 0 Å². The first-order chi connectivity index (χ1) is 9.22. The fraction of sp³-hybridized carbons (Fsp3) is 0.400. The summed E-state index contributed by atoms with van der Waals surface area (Å²) in [5.41, 5.74) is 1.04. The number of nitrogens with zero attached hydrogens (tertiary/aromatic N) is 3. The highest BCUT2D eigenvalue weighted by atomic mass is 16.1. The molecule has 4 heteroatoms. The van der Waals surface area contributed by atoms with Crippen molar-refractivity contribution in [2.24, 2.45) is 0 Å². The zero-order valence-electron chi connectivity index (χ0n) is 11.5. The summed E-state index contributed by atoms with van der Waals surface area (Å²) in [6.45, 7) is 4.36. The predicted molar refractivity (Wildman–Crippen MR) is 73.9 cm³/mol. The van der Waals surface area contributed by atoms with E-state index in [1.807, 2.05) is 44.2 Å². The molecule has 19 heavy (non-hydrogen) atoms. The number of carbonyl (C=O) groups is 1. The van der Waals surface area contributed by atoms with Gasteiger partial charge in [-0.3, -0.25) is 4.79 Å². The topological polar surface area (TPSA) is 47.8 Å². The maximum atomic E-state index is 12.1. The molecule has 1 aromatic heterocycles. The Morgan fingerprint density at radius 1 is 1.16 bits per heavy atom. The van der Waals surface area contributed by atoms with Crippen molar-refractivity contribution < 1.29 is 4.79 Å². The van der Waals surface area contributed by atoms with Crippen molar-refractivity contribution in [3.8, 4) is 0 Å². The quantitative estimate of drug-likeness (QED) is 0.797. The van der Waals surface area contributed by atoms with Crippen molar-refractivity contribution in [2.45, 2.75) is 39.7 Å². The fourth-order valence-corrected chi connectivity index (χ4v) is 2.01. The number of hydrogen-bond acceptors (Lipinski definition) is 3. The van der Waals surface area contributed by atoms with Crippen LogP contribution in [0, 0.1) is 0 Å². The molecule has 1 heterocycles. The van der Waals surface area contributed by atoms with E-state index in [0.717, 1.165) is 30.1 Å². The van der Waals surface area contributed by atoms with Gasteiger partial charge in [-0.25, -0.2) is 9.67 Å². The van der Waals surface area contributed by atoms with Gasteiger partial charge in [0.05, 0.1) is 0 Å². The van der Waals surface area contributed by atoms with E-state index in [-0.39, 0.29) is 5.78 Å². The Balaban J connectivity index is 2.04. The van der Waals surface area contributed by atoms with E-state index in [1.54, 1.807) is 4.68 Å². The van der Waals surface area contributed by atoms with Gasteiger partial charge in [0.15, 0.2) is 11.6 Å². The van der Waals surface area contributed by atoms with Gasteiger partial charge >= 0.3 is 0 Å². The van der Waals surface area contributed by atoms with E-state index in [1.165, 1.54) is 0 Å². The second-order valence-corrected chi connectivity index (χ2v) is 4.51. The van der Waals surface area contributed by atoms with E-state index in [0.29, 0.717) is 13.0 Å². The number of carbonyl (C=O) groups excluding carboxylic acids is 1. The molecule has 0 saturated carbocycles. The first kappa shape index (κ1) is 13.5. The normalized spacial score (nSPS) is 10.6. The Morgan fingerprint density at radius 3 is 2.53 bits per heavy atom. The van der Waals surface area contributed by atoms with Gasteiger partial charge in [-0.15, -0.1) is 0 Å². The van der Waals surface area contributed by atoms with Gasteiger partial charge in [-0.05, 0) is 5.56 Å². The lowest BCUT2D eigenvalue weighted by molar-refractivity contribution is -0.119. The molecule has 2 aromatic rings. The van der Waals surface area contributed by atoms with E-state index < -0.39 is 0 Å². The Labute approximate surface area is 113 Å². The molecular formula is C15H19N3O. The lowest BCUT2D eigenvalue weighted by atomic mass is 10.1. The molecule has 2 rings (SSSR count). The fourth-order valence-electron chi connectivity index (χ4n) is 2.01. The van der Waals surface area contributed by atoms with Crippen molar-refractivity contribution in [1.29, 1.82) is 0 Å². The molecule has 4 nitrogen and oxygen atoms in total. The molecule has 0 N–H and O–H groups in total. The maximum Gasteiger partial charge on any atom is 0.158 e. The van der Waals surface area contributed by atoms with Crippen molar-refractivity contribution in [2.75, 3.05) is 0 Å². The molecule has 0 saturated heterocycles. The summed E-state index contributed by atoms with van der Waals surface area (Å²) >= 11 is 0. The van der Waals surface area contributed by atoms with Crippen LogP contribution in [0.25, 0.3) is 0 Å². The van der Waals surface area contributed by atoms with Crippen molar-refractivity contribution in [3.63, 3.8) is 0 Å². The van der Waals surface area contributed by atoms with E-state index in [9.17, 15) is 4.79 Å². The number of benzene rings is 1. The second kappa shape index (κ2) is 6.27. The van der Waals surface area contributed by atoms with Gasteiger partial charge in [-0.1, -0.05) is 44.2 Å². The Morgan fingerprint density at radius 2 is 1.89 bits per heavy atom. The average molecular weight is 257 g/mol. The predicted octanol–water partition coefficient (Wildman–Crippen LogP) is 2.21. The van der Waals surface area contributed by atoms with Crippen LogP contribution in [0.15, 0.2) is 30.3 Å². The Bertz CT molecular complexity index is 546. The zero-order valence-corrected chi connectivity index (χ0v) is 11.5. The molecule has 0 fully saturated rings. The molecule has 0 radical (unpaired) electrons. The smallest absolute Gasteiger partial charge is 0.158 e. The van der Waals surface area contributed by atoms with E-state index >= 15 is 0 Å². The van der Waals surface area contributed by atoms with Crippen molar-refractivity contribution in [3.05, 3.63) is 47.5 Å². The highest BCUT2D eigenvalue weighted by Gasteiger charge is 2.11. The number of aryl methyl sites for hydroxylation is 2. The standard InChI is InChI=1S/C15H19N3O/c1-3-14-16-15(4-2)18(17-14)11-13(19)10-12-8-6-5-7-9-12/h5-9H,3-4,10-11H2,1-2H3. The number of Topliss-reactive ketones (excluding diaryl/α,β-unsaturated/α-hetero) is 1. The molecular weight excluding hydrogens is 238 g/mol. The molecule has 0 aliphatic rings. The van der Waals surface area contributed by atoms with Gasteiger partial charge in [0, 0.05) is 19.3 Å². The van der Waals surface area contributed by atoms with Gasteiger partial charge in [-0.2, -0.15) is 5.10 Å². The van der Waals surface area contributed by atoms with E-state index in [4.69, 9.17) is 0 Å². The number of hydrogen-bond donors (Lipinski definition) is 0. The molecule has 0 aliphatic carbocycles. The zero-order chi connectivity index (χ0) is 13.7. The minimum atomic E-state index is 0.161.